The third-order valence-electron chi connectivity index (χ3n) is 5.03. The van der Waals surface area contributed by atoms with Gasteiger partial charge in [-0.25, -0.2) is 0 Å². The molecule has 2 aromatic carbocycles. The Morgan fingerprint density at radius 3 is 2.31 bits per heavy atom. The molecule has 29 heavy (non-hydrogen) atoms. The minimum Gasteiger partial charge on any atom is -0.491 e. The average molecular weight is 417 g/mol. The van der Waals surface area contributed by atoms with Crippen molar-refractivity contribution >= 4 is 5.69 Å². The van der Waals surface area contributed by atoms with Gasteiger partial charge in [0.25, 0.3) is 0 Å². The number of methoxy groups -OCH3 is 2. The lowest BCUT2D eigenvalue weighted by Gasteiger charge is -2.31. The second-order valence-corrected chi connectivity index (χ2v) is 6.70. The molecule has 4 nitrogen and oxygen atoms in total. The topological polar surface area (TPSA) is 30.9 Å². The highest BCUT2D eigenvalue weighted by atomic mass is 19.4. The van der Waals surface area contributed by atoms with Crippen molar-refractivity contribution in [1.29, 1.82) is 0 Å². The van der Waals surface area contributed by atoms with Crippen molar-refractivity contribution in [2.45, 2.75) is 24.8 Å². The van der Waals surface area contributed by atoms with Crippen molar-refractivity contribution in [3.05, 3.63) is 53.6 Å². The molecule has 1 fully saturated rings. The maximum atomic E-state index is 14.6. The van der Waals surface area contributed by atoms with Crippen molar-refractivity contribution in [3.8, 4) is 11.5 Å². The predicted octanol–water partition coefficient (Wildman–Crippen LogP) is 4.71. The molecule has 0 amide bonds. The number of benzene rings is 2. The second kappa shape index (κ2) is 8.06. The zero-order valence-corrected chi connectivity index (χ0v) is 15.9. The number of halogens is 5. The Kier molecular flexibility index (Phi) is 5.88. The minimum atomic E-state index is -4.62. The van der Waals surface area contributed by atoms with E-state index in [1.54, 1.807) is 30.3 Å². The van der Waals surface area contributed by atoms with Crippen molar-refractivity contribution in [2.24, 2.45) is 0 Å². The molecule has 1 unspecified atom stereocenters. The van der Waals surface area contributed by atoms with Gasteiger partial charge in [0.05, 0.1) is 19.3 Å². The Labute approximate surface area is 164 Å². The molecule has 0 saturated carbocycles. The first kappa shape index (κ1) is 21.2. The Balaban J connectivity index is 1.93. The lowest BCUT2D eigenvalue weighted by Crippen LogP contribution is -2.49. The van der Waals surface area contributed by atoms with E-state index < -0.39 is 41.5 Å². The zero-order chi connectivity index (χ0) is 21.2. The van der Waals surface area contributed by atoms with E-state index in [0.29, 0.717) is 0 Å². The minimum absolute atomic E-state index is 0.0300. The highest BCUT2D eigenvalue weighted by Gasteiger charge is 2.59. The average Bonchev–Trinajstić information content (AvgIpc) is 3.15. The molecule has 3 rings (SSSR count). The molecule has 0 spiro atoms. The largest absolute Gasteiger partial charge is 0.491 e. The molecule has 0 aliphatic carbocycles. The van der Waals surface area contributed by atoms with Crippen LogP contribution in [0.15, 0.2) is 36.4 Å². The van der Waals surface area contributed by atoms with E-state index in [1.165, 1.54) is 4.90 Å². The maximum absolute atomic E-state index is 14.6. The normalized spacial score (nSPS) is 19.5. The van der Waals surface area contributed by atoms with E-state index in [4.69, 9.17) is 14.2 Å². The molecule has 158 valence electrons. The van der Waals surface area contributed by atoms with Crippen LogP contribution in [0.5, 0.6) is 11.5 Å². The van der Waals surface area contributed by atoms with Crippen molar-refractivity contribution in [2.75, 3.05) is 32.2 Å². The summed E-state index contributed by atoms with van der Waals surface area (Å²) in [7, 11) is 2.10. The fraction of sp³-hybridized carbons (Fsp3) is 0.400. The van der Waals surface area contributed by atoms with Gasteiger partial charge < -0.3 is 19.1 Å². The number of anilines is 1. The molecule has 0 N–H and O–H groups in total. The van der Waals surface area contributed by atoms with Crippen LogP contribution in [0.3, 0.4) is 0 Å². The van der Waals surface area contributed by atoms with Gasteiger partial charge in [-0.05, 0) is 5.56 Å². The van der Waals surface area contributed by atoms with Crippen LogP contribution in [-0.4, -0.2) is 39.1 Å². The van der Waals surface area contributed by atoms with Gasteiger partial charge in [0.1, 0.15) is 6.61 Å². The molecular weight excluding hydrogens is 397 g/mol. The molecule has 9 heteroatoms. The van der Waals surface area contributed by atoms with Gasteiger partial charge in [-0.15, -0.1) is 0 Å². The van der Waals surface area contributed by atoms with Crippen LogP contribution in [0.4, 0.5) is 27.6 Å². The molecule has 0 bridgehead atoms. The summed E-state index contributed by atoms with van der Waals surface area (Å²) in [6, 6.07) is 9.97. The van der Waals surface area contributed by atoms with Crippen molar-refractivity contribution in [3.63, 3.8) is 0 Å². The fourth-order valence-corrected chi connectivity index (χ4v) is 3.34. The van der Waals surface area contributed by atoms with Gasteiger partial charge >= 0.3 is 6.18 Å². The quantitative estimate of drug-likeness (QED) is 0.637. The monoisotopic (exact) mass is 417 g/mol. The number of rotatable bonds is 6. The number of hydrogen-bond donors (Lipinski definition) is 0. The smallest absolute Gasteiger partial charge is 0.419 e. The predicted molar refractivity (Wildman–Crippen MR) is 96.3 cm³/mol. The van der Waals surface area contributed by atoms with Crippen LogP contribution in [0.1, 0.15) is 12.0 Å². The zero-order valence-electron chi connectivity index (χ0n) is 15.9. The number of alkyl halides is 3. The van der Waals surface area contributed by atoms with E-state index >= 15 is 0 Å². The second-order valence-electron chi connectivity index (χ2n) is 6.70. The van der Waals surface area contributed by atoms with Gasteiger partial charge in [-0.2, -0.15) is 22.0 Å². The summed E-state index contributed by atoms with van der Waals surface area (Å²) in [5.74, 6) is -3.49. The number of ether oxygens (including phenoxy) is 3. The van der Waals surface area contributed by atoms with E-state index in [9.17, 15) is 22.0 Å². The summed E-state index contributed by atoms with van der Waals surface area (Å²) in [5.41, 5.74) is -1.70. The Morgan fingerprint density at radius 2 is 1.76 bits per heavy atom. The molecule has 1 atom stereocenters. The number of hydrogen-bond acceptors (Lipinski definition) is 4. The summed E-state index contributed by atoms with van der Waals surface area (Å²) in [5, 5.41) is 0. The lowest BCUT2D eigenvalue weighted by atomic mass is 10.0. The molecule has 1 saturated heterocycles. The molecule has 1 aliphatic heterocycles. The van der Waals surface area contributed by atoms with E-state index in [2.05, 4.69) is 0 Å². The van der Waals surface area contributed by atoms with Crippen molar-refractivity contribution < 1.29 is 36.2 Å². The Morgan fingerprint density at radius 1 is 1.07 bits per heavy atom. The molecular formula is C20H20F5NO3. The molecule has 1 heterocycles. The van der Waals surface area contributed by atoms with E-state index in [-0.39, 0.29) is 25.3 Å². The first-order chi connectivity index (χ1) is 13.7. The molecule has 0 aromatic heterocycles. The lowest BCUT2D eigenvalue weighted by molar-refractivity contribution is -0.260. The summed E-state index contributed by atoms with van der Waals surface area (Å²) < 4.78 is 84.5. The molecule has 2 aromatic rings. The standard InChI is InChI=1S/C20H20F5NO3/c1-27-18-14(26-9-8-19(12-26,28-2)20(23,24)25)10-15(16(21)17(18)22)29-11-13-6-4-3-5-7-13/h3-7,10H,8-9,11-12H2,1-2H3. The summed E-state index contributed by atoms with van der Waals surface area (Å²) >= 11 is 0. The van der Waals surface area contributed by atoms with Gasteiger partial charge in [0.15, 0.2) is 17.1 Å². The van der Waals surface area contributed by atoms with Gasteiger partial charge in [-0.3, -0.25) is 0 Å². The Hall–Kier alpha value is -2.55. The van der Waals surface area contributed by atoms with Crippen LogP contribution in [0, 0.1) is 11.6 Å². The Bertz CT molecular complexity index is 859. The molecule has 1 aliphatic rings. The highest BCUT2D eigenvalue weighted by molar-refractivity contribution is 5.64. The third kappa shape index (κ3) is 3.96. The summed E-state index contributed by atoms with van der Waals surface area (Å²) in [6.07, 6.45) is -4.97. The van der Waals surface area contributed by atoms with Gasteiger partial charge in [0.2, 0.25) is 11.6 Å². The van der Waals surface area contributed by atoms with Crippen molar-refractivity contribution in [1.82, 2.24) is 0 Å². The van der Waals surface area contributed by atoms with Crippen LogP contribution < -0.4 is 14.4 Å². The van der Waals surface area contributed by atoms with E-state index in [1.807, 2.05) is 0 Å². The number of nitrogens with zero attached hydrogens (tertiary/aromatic N) is 1. The SMILES string of the molecule is COc1c(N2CCC(OC)(C(F)(F)F)C2)cc(OCc2ccccc2)c(F)c1F. The summed E-state index contributed by atoms with van der Waals surface area (Å²) in [4.78, 5) is 1.26. The van der Waals surface area contributed by atoms with Crippen LogP contribution in [0.25, 0.3) is 0 Å². The highest BCUT2D eigenvalue weighted by Crippen LogP contribution is 2.45. The first-order valence-electron chi connectivity index (χ1n) is 8.82. The first-order valence-corrected chi connectivity index (χ1v) is 8.82. The van der Waals surface area contributed by atoms with Gasteiger partial charge in [-0.1, -0.05) is 30.3 Å². The molecule has 0 radical (unpaired) electrons. The summed E-state index contributed by atoms with van der Waals surface area (Å²) in [6.45, 7) is -0.688. The fourth-order valence-electron chi connectivity index (χ4n) is 3.34. The van der Waals surface area contributed by atoms with Crippen LogP contribution >= 0.6 is 0 Å². The van der Waals surface area contributed by atoms with Gasteiger partial charge in [0, 0.05) is 26.1 Å². The van der Waals surface area contributed by atoms with Crippen LogP contribution in [-0.2, 0) is 11.3 Å². The third-order valence-corrected chi connectivity index (χ3v) is 5.03. The van der Waals surface area contributed by atoms with E-state index in [0.717, 1.165) is 25.8 Å². The van der Waals surface area contributed by atoms with Crippen LogP contribution in [0.2, 0.25) is 0 Å². The maximum Gasteiger partial charge on any atom is 0.419 e.